The number of nitrogens with one attached hydrogen (secondary N) is 1. The van der Waals surface area contributed by atoms with Gasteiger partial charge in [0.15, 0.2) is 0 Å². The maximum atomic E-state index is 9.14. The van der Waals surface area contributed by atoms with E-state index in [0.717, 1.165) is 11.4 Å². The Morgan fingerprint density at radius 2 is 1.07 bits per heavy atom. The van der Waals surface area contributed by atoms with Gasteiger partial charge in [0, 0.05) is 5.33 Å². The molecule has 0 rings (SSSR count). The van der Waals surface area contributed by atoms with Gasteiger partial charge in [0.05, 0.1) is 26.6 Å². The van der Waals surface area contributed by atoms with Gasteiger partial charge in [-0.15, -0.1) is 0 Å². The second kappa shape index (κ2) is 30.4. The molecule has 164 valence electrons. The Morgan fingerprint density at radius 1 is 0.815 bits per heavy atom. The number of quaternary nitrogens is 1. The van der Waals surface area contributed by atoms with Crippen molar-refractivity contribution in [2.45, 2.75) is 104 Å². The van der Waals surface area contributed by atoms with E-state index >= 15 is 0 Å². The molecule has 0 saturated carbocycles. The summed E-state index contributed by atoms with van der Waals surface area (Å²) < 4.78 is 0. The van der Waals surface area contributed by atoms with Crippen molar-refractivity contribution < 1.29 is 14.8 Å². The fourth-order valence-electron chi connectivity index (χ4n) is 2.67. The number of hydrogen-bond donors (Lipinski definition) is 1. The van der Waals surface area contributed by atoms with E-state index < -0.39 is 5.97 Å². The highest BCUT2D eigenvalue weighted by molar-refractivity contribution is 9.09. The average Bonchev–Trinajstić information content (AvgIpc) is 2.63. The number of alkyl halides is 1. The van der Waals surface area contributed by atoms with Gasteiger partial charge < -0.3 is 14.8 Å². The van der Waals surface area contributed by atoms with Crippen molar-refractivity contribution in [2.24, 2.45) is 0 Å². The van der Waals surface area contributed by atoms with E-state index in [4.69, 9.17) is 9.90 Å². The predicted molar refractivity (Wildman–Crippen MR) is 123 cm³/mol. The van der Waals surface area contributed by atoms with Crippen LogP contribution in [0, 0.1) is 0 Å². The van der Waals surface area contributed by atoms with E-state index in [0.29, 0.717) is 0 Å². The molecule has 0 aromatic heterocycles. The molecule has 0 aliphatic rings. The molecule has 0 unspecified atom stereocenters. The first-order valence-electron chi connectivity index (χ1n) is 11.1. The summed E-state index contributed by atoms with van der Waals surface area (Å²) in [6, 6.07) is 0. The Balaban J connectivity index is -0.000000604. The van der Waals surface area contributed by atoms with Gasteiger partial charge in [0.2, 0.25) is 0 Å². The minimum atomic E-state index is -1.23. The number of unbranched alkanes of at least 4 members (excludes halogenated alkanes) is 13. The molecule has 0 saturated heterocycles. The van der Waals surface area contributed by atoms with Crippen LogP contribution in [0.5, 0.6) is 0 Å². The maximum absolute atomic E-state index is 9.14. The Labute approximate surface area is 179 Å². The van der Waals surface area contributed by atoms with E-state index in [1.165, 1.54) is 96.4 Å². The minimum absolute atomic E-state index is 0.722. The molecule has 0 aromatic rings. The highest BCUT2D eigenvalue weighted by Crippen LogP contribution is 2.12. The van der Waals surface area contributed by atoms with Crippen molar-refractivity contribution in [3.8, 4) is 0 Å². The number of carboxylic acids is 1. The van der Waals surface area contributed by atoms with E-state index in [1.54, 1.807) is 4.90 Å². The number of halogens is 1. The van der Waals surface area contributed by atoms with Crippen molar-refractivity contribution in [2.75, 3.05) is 26.0 Å². The molecule has 3 nitrogen and oxygen atoms in total. The van der Waals surface area contributed by atoms with Crippen molar-refractivity contribution in [3.63, 3.8) is 0 Å². The third-order valence-corrected chi connectivity index (χ3v) is 4.20. The molecule has 27 heavy (non-hydrogen) atoms. The number of aliphatic carboxylic acids is 1. The standard InChI is InChI=1S/C18H39N.C3H4O2.C2H5Br/c1-4-5-6-7-8-9-10-11-12-13-14-15-16-17-18-19(2)3;1-2-3(4)5;1-2-3/h4-18H2,1-3H3;2H,1H2,(H,4,5);2H2,1H3. The third-order valence-electron chi connectivity index (χ3n) is 4.20. The van der Waals surface area contributed by atoms with E-state index in [2.05, 4.69) is 43.5 Å². The van der Waals surface area contributed by atoms with Crippen molar-refractivity contribution in [1.82, 2.24) is 0 Å². The van der Waals surface area contributed by atoms with Gasteiger partial charge in [0.25, 0.3) is 0 Å². The minimum Gasteiger partial charge on any atom is -0.545 e. The fourth-order valence-corrected chi connectivity index (χ4v) is 2.67. The monoisotopic (exact) mass is 449 g/mol. The molecule has 0 aliphatic carbocycles. The zero-order chi connectivity index (χ0) is 21.2. The number of rotatable bonds is 16. The van der Waals surface area contributed by atoms with Crippen LogP contribution >= 0.6 is 15.9 Å². The lowest BCUT2D eigenvalue weighted by Crippen LogP contribution is -3.05. The molecule has 0 amide bonds. The fraction of sp³-hybridized carbons (Fsp3) is 0.870. The largest absolute Gasteiger partial charge is 0.545 e. The van der Waals surface area contributed by atoms with Crippen LogP contribution in [-0.4, -0.2) is 31.9 Å². The topological polar surface area (TPSA) is 44.6 Å². The smallest absolute Gasteiger partial charge is 0.0766 e. The summed E-state index contributed by atoms with van der Waals surface area (Å²) in [5.74, 6) is -1.23. The second-order valence-corrected chi connectivity index (χ2v) is 8.47. The normalized spacial score (nSPS) is 9.85. The van der Waals surface area contributed by atoms with E-state index in [9.17, 15) is 0 Å². The molecular formula is C23H48BrNO2. The Hall–Kier alpha value is -0.350. The number of carbonyl (C=O) groups is 1. The number of carboxylic acid groups (broad SMARTS) is 1. The molecule has 0 aliphatic heterocycles. The predicted octanol–water partition coefficient (Wildman–Crippen LogP) is 4.94. The molecule has 0 aromatic carbocycles. The van der Waals surface area contributed by atoms with Crippen molar-refractivity contribution in [1.29, 1.82) is 0 Å². The van der Waals surface area contributed by atoms with Crippen molar-refractivity contribution in [3.05, 3.63) is 12.7 Å². The molecule has 0 bridgehead atoms. The Kier molecular flexibility index (Phi) is 35.3. The van der Waals surface area contributed by atoms with Crippen LogP contribution in [0.3, 0.4) is 0 Å². The lowest BCUT2D eigenvalue weighted by atomic mass is 10.0. The van der Waals surface area contributed by atoms with Crippen LogP contribution < -0.4 is 10.0 Å². The SMILES string of the molecule is C=CC(=O)[O-].CCBr.CCCCCCCCCCCCCCCC[NH+](C)C. The molecule has 0 spiro atoms. The van der Waals surface area contributed by atoms with Gasteiger partial charge in [-0.2, -0.15) is 0 Å². The first-order valence-corrected chi connectivity index (χ1v) is 12.3. The van der Waals surface area contributed by atoms with E-state index in [-0.39, 0.29) is 0 Å². The third kappa shape index (κ3) is 46.1. The molecule has 4 heteroatoms. The van der Waals surface area contributed by atoms with Gasteiger partial charge in [-0.25, -0.2) is 0 Å². The summed E-state index contributed by atoms with van der Waals surface area (Å²) in [5.41, 5.74) is 0. The van der Waals surface area contributed by atoms with E-state index in [1.807, 2.05) is 6.92 Å². The summed E-state index contributed by atoms with van der Waals surface area (Å²) in [5, 5.41) is 10.2. The molecular weight excluding hydrogens is 402 g/mol. The quantitative estimate of drug-likeness (QED) is 0.206. The van der Waals surface area contributed by atoms with Crippen molar-refractivity contribution >= 4 is 21.9 Å². The van der Waals surface area contributed by atoms with Crippen LogP contribution in [0.4, 0.5) is 0 Å². The first kappa shape index (κ1) is 31.3. The second-order valence-electron chi connectivity index (χ2n) is 7.34. The zero-order valence-electron chi connectivity index (χ0n) is 18.8. The first-order chi connectivity index (χ1) is 13.0. The molecule has 0 atom stereocenters. The highest BCUT2D eigenvalue weighted by Gasteiger charge is 1.95. The molecule has 1 N–H and O–H groups in total. The van der Waals surface area contributed by atoms with Crippen LogP contribution in [0.25, 0.3) is 0 Å². The van der Waals surface area contributed by atoms with Crippen LogP contribution in [0.1, 0.15) is 104 Å². The van der Waals surface area contributed by atoms with Crippen LogP contribution in [-0.2, 0) is 4.79 Å². The zero-order valence-corrected chi connectivity index (χ0v) is 20.4. The summed E-state index contributed by atoms with van der Waals surface area (Å²) in [7, 11) is 4.50. The van der Waals surface area contributed by atoms with Gasteiger partial charge >= 0.3 is 0 Å². The maximum Gasteiger partial charge on any atom is 0.0766 e. The van der Waals surface area contributed by atoms with Crippen LogP contribution in [0.2, 0.25) is 0 Å². The van der Waals surface area contributed by atoms with Gasteiger partial charge in [0.1, 0.15) is 0 Å². The van der Waals surface area contributed by atoms with Gasteiger partial charge in [-0.05, 0) is 18.9 Å². The lowest BCUT2D eigenvalue weighted by molar-refractivity contribution is -0.858. The highest BCUT2D eigenvalue weighted by atomic mass is 79.9. The Bertz CT molecular complexity index is 284. The van der Waals surface area contributed by atoms with Crippen LogP contribution in [0.15, 0.2) is 12.7 Å². The Morgan fingerprint density at radius 3 is 1.30 bits per heavy atom. The number of hydrogen-bond acceptors (Lipinski definition) is 2. The molecule has 0 radical (unpaired) electrons. The molecule has 0 heterocycles. The lowest BCUT2D eigenvalue weighted by Gasteiger charge is -2.06. The summed E-state index contributed by atoms with van der Waals surface area (Å²) in [6.07, 6.45) is 21.1. The number of carbonyl (C=O) groups excluding carboxylic acids is 1. The average molecular weight is 451 g/mol. The molecule has 0 fully saturated rings. The van der Waals surface area contributed by atoms with Gasteiger partial charge in [-0.1, -0.05) is 113 Å². The summed E-state index contributed by atoms with van der Waals surface area (Å²) >= 11 is 3.15. The summed E-state index contributed by atoms with van der Waals surface area (Å²) in [6.45, 7) is 8.58. The van der Waals surface area contributed by atoms with Gasteiger partial charge in [-0.3, -0.25) is 0 Å². The summed E-state index contributed by atoms with van der Waals surface area (Å²) in [4.78, 5) is 10.7.